The van der Waals surface area contributed by atoms with Crippen molar-refractivity contribution >= 4 is 0 Å². The molecular weight excluding hydrogens is 316 g/mol. The van der Waals surface area contributed by atoms with Crippen LogP contribution in [0.1, 0.15) is 49.7 Å². The van der Waals surface area contributed by atoms with Gasteiger partial charge >= 0.3 is 0 Å². The van der Waals surface area contributed by atoms with E-state index < -0.39 is 0 Å². The van der Waals surface area contributed by atoms with Gasteiger partial charge in [0.2, 0.25) is 0 Å². The van der Waals surface area contributed by atoms with Crippen molar-refractivity contribution in [2.45, 2.75) is 38.5 Å². The summed E-state index contributed by atoms with van der Waals surface area (Å²) in [6, 6.07) is 22.0. The maximum Gasteiger partial charge on any atom is 0.0109 e. The van der Waals surface area contributed by atoms with Crippen LogP contribution in [0.15, 0.2) is 60.7 Å². The van der Waals surface area contributed by atoms with E-state index in [1.165, 1.54) is 76.1 Å². The van der Waals surface area contributed by atoms with Crippen molar-refractivity contribution in [1.29, 1.82) is 0 Å². The molecule has 0 aromatic heterocycles. The molecule has 140 valence electrons. The Balaban J connectivity index is 1.60. The fourth-order valence-electron chi connectivity index (χ4n) is 4.06. The third-order valence-corrected chi connectivity index (χ3v) is 5.65. The van der Waals surface area contributed by atoms with Crippen molar-refractivity contribution in [1.82, 2.24) is 9.80 Å². The van der Waals surface area contributed by atoms with Crippen LogP contribution >= 0.6 is 0 Å². The van der Waals surface area contributed by atoms with Gasteiger partial charge in [0, 0.05) is 19.0 Å². The van der Waals surface area contributed by atoms with Crippen molar-refractivity contribution in [3.05, 3.63) is 71.8 Å². The van der Waals surface area contributed by atoms with E-state index in [1.54, 1.807) is 0 Å². The van der Waals surface area contributed by atoms with Gasteiger partial charge in [-0.05, 0) is 56.6 Å². The minimum atomic E-state index is 0.497. The Morgan fingerprint density at radius 3 is 1.81 bits per heavy atom. The van der Waals surface area contributed by atoms with Gasteiger partial charge in [-0.15, -0.1) is 0 Å². The van der Waals surface area contributed by atoms with Crippen LogP contribution in [0.2, 0.25) is 0 Å². The maximum atomic E-state index is 2.69. The monoisotopic (exact) mass is 350 g/mol. The van der Waals surface area contributed by atoms with Crippen LogP contribution in [0.25, 0.3) is 0 Å². The molecule has 0 unspecified atom stereocenters. The quantitative estimate of drug-likeness (QED) is 0.660. The molecule has 1 aliphatic heterocycles. The van der Waals surface area contributed by atoms with E-state index in [1.807, 2.05) is 0 Å². The van der Waals surface area contributed by atoms with Gasteiger partial charge in [-0.25, -0.2) is 0 Å². The Labute approximate surface area is 159 Å². The van der Waals surface area contributed by atoms with Crippen molar-refractivity contribution in [3.8, 4) is 0 Å². The minimum absolute atomic E-state index is 0.497. The van der Waals surface area contributed by atoms with Crippen LogP contribution in [0, 0.1) is 0 Å². The molecule has 1 fully saturated rings. The molecule has 0 amide bonds. The molecule has 1 heterocycles. The number of unbranched alkanes of at least 4 members (excludes halogenated alkanes) is 1. The Morgan fingerprint density at radius 2 is 1.27 bits per heavy atom. The molecule has 3 rings (SSSR count). The van der Waals surface area contributed by atoms with Crippen molar-refractivity contribution in [2.75, 3.05) is 39.3 Å². The second-order valence-electron chi connectivity index (χ2n) is 7.55. The summed E-state index contributed by atoms with van der Waals surface area (Å²) in [5.74, 6) is 0.497. The summed E-state index contributed by atoms with van der Waals surface area (Å²) in [7, 11) is 0. The predicted molar refractivity (Wildman–Crippen MR) is 112 cm³/mol. The lowest BCUT2D eigenvalue weighted by Crippen LogP contribution is -2.32. The summed E-state index contributed by atoms with van der Waals surface area (Å²) < 4.78 is 0. The lowest BCUT2D eigenvalue weighted by atomic mass is 9.88. The van der Waals surface area contributed by atoms with Gasteiger partial charge in [-0.1, -0.05) is 74.0 Å². The van der Waals surface area contributed by atoms with Crippen molar-refractivity contribution in [3.63, 3.8) is 0 Å². The van der Waals surface area contributed by atoms with Gasteiger partial charge in [0.25, 0.3) is 0 Å². The first-order chi connectivity index (χ1) is 12.9. The Bertz CT molecular complexity index is 571. The van der Waals surface area contributed by atoms with Gasteiger partial charge in [0.15, 0.2) is 0 Å². The number of nitrogens with zero attached hydrogens (tertiary/aromatic N) is 2. The topological polar surface area (TPSA) is 6.48 Å². The van der Waals surface area contributed by atoms with E-state index >= 15 is 0 Å². The molecule has 2 heteroatoms. The third kappa shape index (κ3) is 5.69. The molecule has 1 saturated heterocycles. The number of benzene rings is 2. The van der Waals surface area contributed by atoms with E-state index in [2.05, 4.69) is 77.4 Å². The lowest BCUT2D eigenvalue weighted by Gasteiger charge is -2.25. The average Bonchev–Trinajstić information content (AvgIpc) is 2.93. The summed E-state index contributed by atoms with van der Waals surface area (Å²) in [5, 5.41) is 0. The summed E-state index contributed by atoms with van der Waals surface area (Å²) in [4.78, 5) is 5.35. The van der Waals surface area contributed by atoms with Crippen molar-refractivity contribution in [2.24, 2.45) is 0 Å². The van der Waals surface area contributed by atoms with Gasteiger partial charge in [-0.3, -0.25) is 0 Å². The summed E-state index contributed by atoms with van der Waals surface area (Å²) in [6.45, 7) is 9.74. The molecule has 0 spiro atoms. The first-order valence-electron chi connectivity index (χ1n) is 10.4. The zero-order valence-electron chi connectivity index (χ0n) is 16.3. The molecule has 2 aromatic carbocycles. The van der Waals surface area contributed by atoms with Crippen LogP contribution in [0.3, 0.4) is 0 Å². The highest BCUT2D eigenvalue weighted by Gasteiger charge is 2.18. The fourth-order valence-corrected chi connectivity index (χ4v) is 4.06. The molecule has 0 radical (unpaired) electrons. The molecule has 0 aliphatic carbocycles. The van der Waals surface area contributed by atoms with Gasteiger partial charge < -0.3 is 9.80 Å². The van der Waals surface area contributed by atoms with Crippen LogP contribution in [0.5, 0.6) is 0 Å². The molecule has 2 nitrogen and oxygen atoms in total. The van der Waals surface area contributed by atoms with E-state index in [0.29, 0.717) is 5.92 Å². The molecule has 0 atom stereocenters. The Kier molecular flexibility index (Phi) is 7.72. The zero-order valence-corrected chi connectivity index (χ0v) is 16.3. The van der Waals surface area contributed by atoms with Gasteiger partial charge in [0.1, 0.15) is 0 Å². The van der Waals surface area contributed by atoms with Crippen molar-refractivity contribution < 1.29 is 0 Å². The standard InChI is InChI=1S/C24H34N2/c1-2-3-16-25-17-10-18-26(21-20-25)19-15-24(22-11-6-4-7-12-22)23-13-8-5-9-14-23/h4-9,11-14,24H,2-3,10,15-21H2,1H3. The molecule has 26 heavy (non-hydrogen) atoms. The van der Waals surface area contributed by atoms with Crippen LogP contribution in [-0.2, 0) is 0 Å². The highest BCUT2D eigenvalue weighted by molar-refractivity contribution is 5.32. The predicted octanol–water partition coefficient (Wildman–Crippen LogP) is 5.02. The average molecular weight is 351 g/mol. The minimum Gasteiger partial charge on any atom is -0.302 e. The summed E-state index contributed by atoms with van der Waals surface area (Å²) in [6.07, 6.45) is 5.15. The highest BCUT2D eigenvalue weighted by Crippen LogP contribution is 2.28. The SMILES string of the molecule is CCCCN1CCCN(CCC(c2ccccc2)c2ccccc2)CC1. The third-order valence-electron chi connectivity index (χ3n) is 5.65. The second kappa shape index (κ2) is 10.5. The van der Waals surface area contributed by atoms with E-state index in [0.717, 1.165) is 0 Å². The fraction of sp³-hybridized carbons (Fsp3) is 0.500. The largest absolute Gasteiger partial charge is 0.302 e. The normalized spacial score (nSPS) is 16.7. The molecular formula is C24H34N2. The molecule has 0 N–H and O–H groups in total. The van der Waals surface area contributed by atoms with Crippen LogP contribution in [0.4, 0.5) is 0 Å². The molecule has 1 aliphatic rings. The summed E-state index contributed by atoms with van der Waals surface area (Å²) in [5.41, 5.74) is 2.89. The second-order valence-corrected chi connectivity index (χ2v) is 7.55. The number of hydrogen-bond donors (Lipinski definition) is 0. The van der Waals surface area contributed by atoms with Gasteiger partial charge in [-0.2, -0.15) is 0 Å². The van der Waals surface area contributed by atoms with E-state index in [9.17, 15) is 0 Å². The first-order valence-corrected chi connectivity index (χ1v) is 10.4. The highest BCUT2D eigenvalue weighted by atomic mass is 15.2. The zero-order chi connectivity index (χ0) is 18.0. The smallest absolute Gasteiger partial charge is 0.0109 e. The maximum absolute atomic E-state index is 2.69. The van der Waals surface area contributed by atoms with E-state index in [-0.39, 0.29) is 0 Å². The number of hydrogen-bond acceptors (Lipinski definition) is 2. The molecule has 2 aromatic rings. The Hall–Kier alpha value is -1.64. The lowest BCUT2D eigenvalue weighted by molar-refractivity contribution is 0.250. The van der Waals surface area contributed by atoms with Crippen LogP contribution < -0.4 is 0 Å². The number of rotatable bonds is 8. The molecule has 0 saturated carbocycles. The van der Waals surface area contributed by atoms with Gasteiger partial charge in [0.05, 0.1) is 0 Å². The first kappa shape index (κ1) is 19.1. The summed E-state index contributed by atoms with van der Waals surface area (Å²) >= 11 is 0. The molecule has 0 bridgehead atoms. The van der Waals surface area contributed by atoms with Crippen LogP contribution in [-0.4, -0.2) is 49.1 Å². The van der Waals surface area contributed by atoms with E-state index in [4.69, 9.17) is 0 Å². The Morgan fingerprint density at radius 1 is 0.731 bits per heavy atom.